The zero-order chi connectivity index (χ0) is 70.7. The maximum Gasteiger partial charge on any atom is 0.0998 e. The Morgan fingerprint density at radius 2 is 0.773 bits per heavy atom. The molecule has 0 N–H and O–H groups in total. The van der Waals surface area contributed by atoms with Crippen molar-refractivity contribution in [2.75, 3.05) is 0 Å². The van der Waals surface area contributed by atoms with Crippen molar-refractivity contribution in [3.05, 3.63) is 281 Å². The second-order valence-electron chi connectivity index (χ2n) is 32.5. The van der Waals surface area contributed by atoms with Crippen LogP contribution in [-0.2, 0) is 37.9 Å². The van der Waals surface area contributed by atoms with Crippen LogP contribution >= 0.6 is 22.7 Å². The van der Waals surface area contributed by atoms with Crippen LogP contribution in [0.3, 0.4) is 0 Å². The van der Waals surface area contributed by atoms with E-state index < -0.39 is 0 Å². The van der Waals surface area contributed by atoms with Crippen LogP contribution in [0.2, 0.25) is 0 Å². The fourth-order valence-electron chi connectivity index (χ4n) is 11.8. The zero-order valence-electron chi connectivity index (χ0n) is 62.1. The monoisotopic (exact) mass is 1320 g/mol. The number of hydrogen-bond acceptors (Lipinski definition) is 7. The molecule has 0 radical (unpaired) electrons. The highest BCUT2D eigenvalue weighted by molar-refractivity contribution is 7.18. The molecule has 502 valence electrons. The molecule has 0 amide bonds. The van der Waals surface area contributed by atoms with Gasteiger partial charge in [0.05, 0.1) is 38.1 Å². The van der Waals surface area contributed by atoms with Crippen LogP contribution in [0.1, 0.15) is 189 Å². The number of aromatic nitrogens is 5. The van der Waals surface area contributed by atoms with Crippen LogP contribution in [0, 0.1) is 6.92 Å². The summed E-state index contributed by atoms with van der Waals surface area (Å²) in [5, 5.41) is 15.3. The van der Waals surface area contributed by atoms with E-state index in [-0.39, 0.29) is 37.9 Å². The molecule has 0 saturated carbocycles. The molecule has 0 bridgehead atoms. The van der Waals surface area contributed by atoms with Crippen molar-refractivity contribution in [1.29, 1.82) is 0 Å². The van der Waals surface area contributed by atoms with Gasteiger partial charge in [-0.1, -0.05) is 315 Å². The fourth-order valence-corrected chi connectivity index (χ4v) is 13.9. The van der Waals surface area contributed by atoms with Gasteiger partial charge < -0.3 is 0 Å². The molecule has 14 aromatic rings. The van der Waals surface area contributed by atoms with Gasteiger partial charge in [0.25, 0.3) is 0 Å². The molecule has 0 aliphatic heterocycles. The van der Waals surface area contributed by atoms with Crippen molar-refractivity contribution in [2.24, 2.45) is 0 Å². The molecule has 6 heterocycles. The first-order chi connectivity index (χ1) is 45.5. The quantitative estimate of drug-likeness (QED) is 0.151. The lowest BCUT2D eigenvalue weighted by molar-refractivity contribution is 0.575. The molecule has 0 unspecified atom stereocenters. The molecule has 6 aromatic heterocycles. The standard InChI is InChI=1S/C15H18.C14H16.3C13H15N.C12H14S.C10H12N2S/c1-11-8-9-12-6-5-7-14(13(12)10-11)15(2,3)4;1-14(2,3)13-10-6-8-11-7-4-5-9-12(11)13;1-13(2,3)11-7-4-8-12-10(11)6-5-9-14-12;1-13(2,3)11-8-4-6-10-7-5-9-14-12(10)11;1-13(2,3)12-11-7-5-4-6-10(11)8-9-14-12;1-12(2,3)10-8-13-11-7-5-4-6-9(10)11;1-10(2,3)9-12-7-6-11-5-4-8(7)13-9/h5-10H,1-4H3;4-10H,1-3H3;3*4-9H,1-3H3;4-8H,1-3H3;4-6H,1-3H3. The van der Waals surface area contributed by atoms with Crippen molar-refractivity contribution in [2.45, 2.75) is 190 Å². The van der Waals surface area contributed by atoms with Crippen molar-refractivity contribution >= 4 is 97.1 Å². The van der Waals surface area contributed by atoms with Gasteiger partial charge in [0.15, 0.2) is 0 Å². The van der Waals surface area contributed by atoms with Crippen LogP contribution in [0.15, 0.2) is 237 Å². The Balaban J connectivity index is 0.000000145. The van der Waals surface area contributed by atoms with Crippen molar-refractivity contribution in [1.82, 2.24) is 24.9 Å². The van der Waals surface area contributed by atoms with E-state index in [4.69, 9.17) is 0 Å². The Bertz CT molecular complexity index is 4460. The Hall–Kier alpha value is -8.49. The highest BCUT2D eigenvalue weighted by Crippen LogP contribution is 2.37. The predicted octanol–water partition coefficient (Wildman–Crippen LogP) is 26.4. The van der Waals surface area contributed by atoms with Gasteiger partial charge >= 0.3 is 0 Å². The Morgan fingerprint density at radius 3 is 1.37 bits per heavy atom. The predicted molar refractivity (Wildman–Crippen MR) is 428 cm³/mol. The molecule has 0 atom stereocenters. The number of hydrogen-bond donors (Lipinski definition) is 0. The minimum atomic E-state index is 0.112. The normalized spacial score (nSPS) is 12.0. The minimum Gasteiger partial charge on any atom is -0.262 e. The first-order valence-electron chi connectivity index (χ1n) is 34.2. The molecule has 8 aromatic carbocycles. The van der Waals surface area contributed by atoms with E-state index in [1.807, 2.05) is 60.5 Å². The second-order valence-corrected chi connectivity index (χ2v) is 34.4. The maximum absolute atomic E-state index is 4.54. The molecule has 0 saturated heterocycles. The Morgan fingerprint density at radius 1 is 0.299 bits per heavy atom. The van der Waals surface area contributed by atoms with Gasteiger partial charge in [-0.05, 0) is 136 Å². The average molecular weight is 1320 g/mol. The summed E-state index contributed by atoms with van der Waals surface area (Å²) in [6, 6.07) is 70.4. The van der Waals surface area contributed by atoms with Crippen molar-refractivity contribution in [3.8, 4) is 0 Å². The van der Waals surface area contributed by atoms with Gasteiger partial charge in [-0.3, -0.25) is 19.9 Å². The third kappa shape index (κ3) is 19.9. The van der Waals surface area contributed by atoms with E-state index in [9.17, 15) is 0 Å². The number of thiophene rings is 1. The maximum atomic E-state index is 4.54. The molecular formula is C90H105N5S2. The molecule has 0 aliphatic rings. The summed E-state index contributed by atoms with van der Waals surface area (Å²) in [6.07, 6.45) is 9.23. The van der Waals surface area contributed by atoms with Gasteiger partial charge in [0, 0.05) is 56.5 Å². The van der Waals surface area contributed by atoms with E-state index in [1.165, 1.54) is 102 Å². The second kappa shape index (κ2) is 30.9. The minimum absolute atomic E-state index is 0.112. The van der Waals surface area contributed by atoms with Crippen LogP contribution in [0.4, 0.5) is 0 Å². The molecule has 5 nitrogen and oxygen atoms in total. The van der Waals surface area contributed by atoms with Gasteiger partial charge in [0.1, 0.15) is 0 Å². The number of aryl methyl sites for hydroxylation is 1. The first-order valence-corrected chi connectivity index (χ1v) is 35.9. The van der Waals surface area contributed by atoms with Crippen molar-refractivity contribution < 1.29 is 0 Å². The number of pyridine rings is 4. The topological polar surface area (TPSA) is 64.5 Å². The number of thiazole rings is 1. The van der Waals surface area contributed by atoms with Crippen LogP contribution in [0.5, 0.6) is 0 Å². The van der Waals surface area contributed by atoms with Gasteiger partial charge in [-0.25, -0.2) is 4.98 Å². The third-order valence-electron chi connectivity index (χ3n) is 16.8. The van der Waals surface area contributed by atoms with E-state index in [2.05, 4.69) is 365 Å². The largest absolute Gasteiger partial charge is 0.262 e. The smallest absolute Gasteiger partial charge is 0.0998 e. The summed E-state index contributed by atoms with van der Waals surface area (Å²) in [7, 11) is 0. The molecule has 0 spiro atoms. The SMILES string of the molecule is CC(C)(C)c1cccc2ccccc12.CC(C)(C)c1cccc2cccnc12.CC(C)(C)c1cccc2ncccc12.CC(C)(C)c1csc2ccccc12.CC(C)(C)c1nc2cnccc2s1.CC(C)(C)c1nccc2ccccc12.Cc1ccc2cccc(C(C)(C)C)c2c1. The van der Waals surface area contributed by atoms with Crippen LogP contribution in [0.25, 0.3) is 74.4 Å². The number of para-hydroxylation sites is 1. The summed E-state index contributed by atoms with van der Waals surface area (Å²) in [5.41, 5.74) is 14.0. The molecule has 0 aliphatic carbocycles. The first kappa shape index (κ1) is 74.3. The number of fused-ring (bicyclic) bond motifs is 7. The number of nitrogens with zero attached hydrogens (tertiary/aromatic N) is 5. The highest BCUT2D eigenvalue weighted by Gasteiger charge is 2.23. The van der Waals surface area contributed by atoms with Gasteiger partial charge in [0.2, 0.25) is 0 Å². The molecule has 14 rings (SSSR count). The lowest BCUT2D eigenvalue weighted by Gasteiger charge is -2.21. The van der Waals surface area contributed by atoms with Crippen molar-refractivity contribution in [3.63, 3.8) is 0 Å². The number of benzene rings is 8. The summed E-state index contributed by atoms with van der Waals surface area (Å²) < 4.78 is 2.62. The lowest BCUT2D eigenvalue weighted by Crippen LogP contribution is -2.13. The average Bonchev–Trinajstić information content (AvgIpc) is 1.80. The van der Waals surface area contributed by atoms with Crippen LogP contribution < -0.4 is 0 Å². The highest BCUT2D eigenvalue weighted by atomic mass is 32.1. The van der Waals surface area contributed by atoms with Gasteiger partial charge in [-0.2, -0.15) is 0 Å². The summed E-state index contributed by atoms with van der Waals surface area (Å²) >= 11 is 3.59. The molecular weight excluding hydrogens is 1220 g/mol. The Labute approximate surface area is 589 Å². The molecule has 7 heteroatoms. The lowest BCUT2D eigenvalue weighted by atomic mass is 9.83. The summed E-state index contributed by atoms with van der Waals surface area (Å²) in [4.78, 5) is 21.9. The van der Waals surface area contributed by atoms with Gasteiger partial charge in [-0.15, -0.1) is 22.7 Å². The zero-order valence-corrected chi connectivity index (χ0v) is 63.7. The van der Waals surface area contributed by atoms with E-state index in [0.29, 0.717) is 0 Å². The molecule has 0 fully saturated rings. The molecule has 97 heavy (non-hydrogen) atoms. The third-order valence-corrected chi connectivity index (χ3v) is 19.3. The van der Waals surface area contributed by atoms with E-state index in [0.717, 1.165) is 16.6 Å². The van der Waals surface area contributed by atoms with Crippen LogP contribution in [-0.4, -0.2) is 24.9 Å². The van der Waals surface area contributed by atoms with E-state index >= 15 is 0 Å². The summed E-state index contributed by atoms with van der Waals surface area (Å²) in [6.45, 7) is 49.0. The summed E-state index contributed by atoms with van der Waals surface area (Å²) in [5.74, 6) is 0. The number of rotatable bonds is 0. The Kier molecular flexibility index (Phi) is 23.7. The van der Waals surface area contributed by atoms with E-state index in [1.54, 1.807) is 11.3 Å². The fraction of sp³-hybridized carbons (Fsp3) is 0.322.